The Balaban J connectivity index is 1.68. The van der Waals surface area contributed by atoms with E-state index in [2.05, 4.69) is 16.9 Å². The van der Waals surface area contributed by atoms with E-state index in [1.54, 1.807) is 73.1 Å². The molecule has 1 aromatic heterocycles. The molecule has 3 aromatic rings. The van der Waals surface area contributed by atoms with Crippen LogP contribution in [0.2, 0.25) is 0 Å². The van der Waals surface area contributed by atoms with Crippen molar-refractivity contribution in [3.63, 3.8) is 0 Å². The molecule has 2 aromatic carbocycles. The van der Waals surface area contributed by atoms with Crippen LogP contribution in [-0.4, -0.2) is 30.2 Å². The first-order valence-electron chi connectivity index (χ1n) is 9.43. The lowest BCUT2D eigenvalue weighted by molar-refractivity contribution is 0.0951. The van der Waals surface area contributed by atoms with Crippen LogP contribution in [0.3, 0.4) is 0 Å². The Bertz CT molecular complexity index is 1080. The minimum absolute atomic E-state index is 0.183. The van der Waals surface area contributed by atoms with E-state index in [1.165, 1.54) is 4.31 Å². The molecule has 3 rings (SSSR count). The molecular weight excluding hydrogens is 398 g/mol. The molecule has 0 saturated carbocycles. The van der Waals surface area contributed by atoms with Crippen LogP contribution in [0.25, 0.3) is 0 Å². The second-order valence-corrected chi connectivity index (χ2v) is 8.57. The van der Waals surface area contributed by atoms with Gasteiger partial charge in [0.2, 0.25) is 10.0 Å². The predicted molar refractivity (Wildman–Crippen MR) is 116 cm³/mol. The monoisotopic (exact) mass is 421 g/mol. The lowest BCUT2D eigenvalue weighted by atomic mass is 10.1. The van der Waals surface area contributed by atoms with Crippen LogP contribution in [0.4, 0.5) is 0 Å². The summed E-state index contributed by atoms with van der Waals surface area (Å²) in [5.74, 6) is -0.196. The number of carbonyl (C=O) groups is 1. The van der Waals surface area contributed by atoms with Gasteiger partial charge in [0.25, 0.3) is 5.91 Å². The highest BCUT2D eigenvalue weighted by Gasteiger charge is 2.23. The van der Waals surface area contributed by atoms with E-state index in [0.29, 0.717) is 12.1 Å². The Morgan fingerprint density at radius 1 is 0.967 bits per heavy atom. The molecule has 0 bridgehead atoms. The van der Waals surface area contributed by atoms with Gasteiger partial charge in [0.1, 0.15) is 0 Å². The number of nitrogens with one attached hydrogen (secondary N) is 1. The molecule has 0 atom stereocenters. The van der Waals surface area contributed by atoms with Gasteiger partial charge in [-0.05, 0) is 47.5 Å². The second kappa shape index (κ2) is 9.96. The predicted octanol–water partition coefficient (Wildman–Crippen LogP) is 3.39. The van der Waals surface area contributed by atoms with Crippen LogP contribution in [0.1, 0.15) is 21.5 Å². The fraction of sp³-hybridized carbons (Fsp3) is 0.130. The van der Waals surface area contributed by atoms with E-state index >= 15 is 0 Å². The molecule has 0 aliphatic heterocycles. The van der Waals surface area contributed by atoms with Gasteiger partial charge in [-0.25, -0.2) is 8.42 Å². The number of hydrogen-bond acceptors (Lipinski definition) is 4. The lowest BCUT2D eigenvalue weighted by Crippen LogP contribution is -2.30. The SMILES string of the molecule is C=CCN(Cc1ccc(C(=O)NCc2ccncc2)cc1)S(=O)(=O)c1ccccc1. The standard InChI is InChI=1S/C23H23N3O3S/c1-2-16-26(30(28,29)22-6-4-3-5-7-22)18-20-8-10-21(11-9-20)23(27)25-17-19-12-14-24-15-13-19/h2-15H,1,16-18H2,(H,25,27). The zero-order chi connectivity index (χ0) is 21.4. The van der Waals surface area contributed by atoms with E-state index in [0.717, 1.165) is 11.1 Å². The Labute approximate surface area is 176 Å². The molecule has 0 aliphatic carbocycles. The second-order valence-electron chi connectivity index (χ2n) is 6.63. The number of nitrogens with zero attached hydrogens (tertiary/aromatic N) is 2. The number of hydrogen-bond donors (Lipinski definition) is 1. The zero-order valence-electron chi connectivity index (χ0n) is 16.4. The first kappa shape index (κ1) is 21.4. The van der Waals surface area contributed by atoms with Crippen LogP contribution < -0.4 is 5.32 Å². The molecule has 1 N–H and O–H groups in total. The van der Waals surface area contributed by atoms with E-state index in [-0.39, 0.29) is 23.9 Å². The summed E-state index contributed by atoms with van der Waals surface area (Å²) in [6, 6.07) is 18.9. The summed E-state index contributed by atoms with van der Waals surface area (Å²) in [5, 5.41) is 2.86. The van der Waals surface area contributed by atoms with E-state index in [9.17, 15) is 13.2 Å². The number of carbonyl (C=O) groups excluding carboxylic acids is 1. The molecule has 0 fully saturated rings. The molecule has 0 radical (unpaired) electrons. The third-order valence-corrected chi connectivity index (χ3v) is 6.32. The van der Waals surface area contributed by atoms with Gasteiger partial charge in [-0.15, -0.1) is 6.58 Å². The maximum absolute atomic E-state index is 12.9. The normalized spacial score (nSPS) is 11.2. The van der Waals surface area contributed by atoms with Gasteiger partial charge in [0, 0.05) is 37.6 Å². The molecule has 0 spiro atoms. The van der Waals surface area contributed by atoms with Gasteiger partial charge in [-0.1, -0.05) is 36.4 Å². The Morgan fingerprint density at radius 3 is 2.27 bits per heavy atom. The third-order valence-electron chi connectivity index (χ3n) is 4.49. The first-order valence-corrected chi connectivity index (χ1v) is 10.9. The number of benzene rings is 2. The first-order chi connectivity index (χ1) is 14.5. The van der Waals surface area contributed by atoms with Gasteiger partial charge in [0.15, 0.2) is 0 Å². The quantitative estimate of drug-likeness (QED) is 0.537. The summed E-state index contributed by atoms with van der Waals surface area (Å²) in [4.78, 5) is 16.5. The lowest BCUT2D eigenvalue weighted by Gasteiger charge is -2.21. The summed E-state index contributed by atoms with van der Waals surface area (Å²) in [6.07, 6.45) is 4.91. The highest BCUT2D eigenvalue weighted by molar-refractivity contribution is 7.89. The number of aromatic nitrogens is 1. The van der Waals surface area contributed by atoms with Crippen molar-refractivity contribution in [2.75, 3.05) is 6.54 Å². The maximum atomic E-state index is 12.9. The molecule has 154 valence electrons. The van der Waals surface area contributed by atoms with Crippen LogP contribution >= 0.6 is 0 Å². The average molecular weight is 422 g/mol. The van der Waals surface area contributed by atoms with Crippen molar-refractivity contribution >= 4 is 15.9 Å². The molecular formula is C23H23N3O3S. The molecule has 1 heterocycles. The number of sulfonamides is 1. The van der Waals surface area contributed by atoms with Crippen LogP contribution in [-0.2, 0) is 23.1 Å². The van der Waals surface area contributed by atoms with E-state index < -0.39 is 10.0 Å². The summed E-state index contributed by atoms with van der Waals surface area (Å²) in [7, 11) is -3.65. The van der Waals surface area contributed by atoms with Crippen LogP contribution in [0.5, 0.6) is 0 Å². The van der Waals surface area contributed by atoms with Gasteiger partial charge in [-0.2, -0.15) is 4.31 Å². The Morgan fingerprint density at radius 2 is 1.63 bits per heavy atom. The number of pyridine rings is 1. The van der Waals surface area contributed by atoms with Crippen molar-refractivity contribution in [2.24, 2.45) is 0 Å². The topological polar surface area (TPSA) is 79.4 Å². The number of rotatable bonds is 9. The Hall–Kier alpha value is -3.29. The summed E-state index contributed by atoms with van der Waals surface area (Å²) >= 11 is 0. The van der Waals surface area contributed by atoms with Gasteiger partial charge in [0.05, 0.1) is 4.90 Å². The molecule has 6 nitrogen and oxygen atoms in total. The van der Waals surface area contributed by atoms with Crippen LogP contribution in [0.15, 0.2) is 96.7 Å². The van der Waals surface area contributed by atoms with Gasteiger partial charge in [-0.3, -0.25) is 9.78 Å². The molecule has 7 heteroatoms. The van der Waals surface area contributed by atoms with Crippen molar-refractivity contribution in [2.45, 2.75) is 18.0 Å². The molecule has 0 aliphatic rings. The molecule has 30 heavy (non-hydrogen) atoms. The third kappa shape index (κ3) is 5.40. The fourth-order valence-corrected chi connectivity index (χ4v) is 4.30. The van der Waals surface area contributed by atoms with Gasteiger partial charge < -0.3 is 5.32 Å². The van der Waals surface area contributed by atoms with E-state index in [4.69, 9.17) is 0 Å². The van der Waals surface area contributed by atoms with Gasteiger partial charge >= 0.3 is 0 Å². The van der Waals surface area contributed by atoms with Crippen molar-refractivity contribution in [3.8, 4) is 0 Å². The fourth-order valence-electron chi connectivity index (χ4n) is 2.88. The van der Waals surface area contributed by atoms with Crippen molar-refractivity contribution in [1.29, 1.82) is 0 Å². The number of amides is 1. The average Bonchev–Trinajstić information content (AvgIpc) is 2.79. The molecule has 0 saturated heterocycles. The highest BCUT2D eigenvalue weighted by Crippen LogP contribution is 2.18. The van der Waals surface area contributed by atoms with Crippen LogP contribution in [0, 0.1) is 0 Å². The highest BCUT2D eigenvalue weighted by atomic mass is 32.2. The minimum Gasteiger partial charge on any atom is -0.348 e. The summed E-state index contributed by atoms with van der Waals surface area (Å²) < 4.78 is 27.2. The molecule has 1 amide bonds. The zero-order valence-corrected chi connectivity index (χ0v) is 17.3. The Kier molecular flexibility index (Phi) is 7.11. The largest absolute Gasteiger partial charge is 0.348 e. The smallest absolute Gasteiger partial charge is 0.251 e. The van der Waals surface area contributed by atoms with Crippen molar-refractivity contribution in [3.05, 3.63) is 108 Å². The minimum atomic E-state index is -3.65. The maximum Gasteiger partial charge on any atom is 0.251 e. The summed E-state index contributed by atoms with van der Waals surface area (Å²) in [5.41, 5.74) is 2.25. The summed E-state index contributed by atoms with van der Waals surface area (Å²) in [6.45, 7) is 4.45. The van der Waals surface area contributed by atoms with Crippen molar-refractivity contribution in [1.82, 2.24) is 14.6 Å². The van der Waals surface area contributed by atoms with Crippen molar-refractivity contribution < 1.29 is 13.2 Å². The van der Waals surface area contributed by atoms with E-state index in [1.807, 2.05) is 12.1 Å². The molecule has 0 unspecified atom stereocenters.